The molecule has 1 aliphatic carbocycles. The highest BCUT2D eigenvalue weighted by molar-refractivity contribution is 5.40. The predicted octanol–water partition coefficient (Wildman–Crippen LogP) is 3.00. The van der Waals surface area contributed by atoms with Gasteiger partial charge in [0.2, 0.25) is 0 Å². The van der Waals surface area contributed by atoms with E-state index in [9.17, 15) is 0 Å². The van der Waals surface area contributed by atoms with Crippen LogP contribution < -0.4 is 10.1 Å². The minimum Gasteiger partial charge on any atom is -0.497 e. The zero-order valence-electron chi connectivity index (χ0n) is 13.4. The lowest BCUT2D eigenvalue weighted by Gasteiger charge is -2.33. The summed E-state index contributed by atoms with van der Waals surface area (Å²) in [5, 5.41) is 3.47. The number of hydrogen-bond donors (Lipinski definition) is 1. The quantitative estimate of drug-likeness (QED) is 0.901. The molecule has 1 aromatic rings. The molecule has 0 amide bonds. The molecule has 0 aromatic heterocycles. The van der Waals surface area contributed by atoms with E-state index in [1.165, 1.54) is 56.4 Å². The SMILES string of the molecule is CCN(CC1CCNCC1)C1CCc2ccc(OC)cc21. The number of nitrogens with zero attached hydrogens (tertiary/aromatic N) is 1. The van der Waals surface area contributed by atoms with Crippen LogP contribution in [0.4, 0.5) is 0 Å². The highest BCUT2D eigenvalue weighted by atomic mass is 16.5. The summed E-state index contributed by atoms with van der Waals surface area (Å²) in [6, 6.07) is 7.21. The molecule has 1 N–H and O–H groups in total. The number of fused-ring (bicyclic) bond motifs is 1. The van der Waals surface area contributed by atoms with Crippen LogP contribution in [-0.2, 0) is 6.42 Å². The molecule has 1 fully saturated rings. The third kappa shape index (κ3) is 3.24. The largest absolute Gasteiger partial charge is 0.497 e. The van der Waals surface area contributed by atoms with Crippen LogP contribution in [0.3, 0.4) is 0 Å². The van der Waals surface area contributed by atoms with Gasteiger partial charge in [-0.25, -0.2) is 0 Å². The van der Waals surface area contributed by atoms with E-state index >= 15 is 0 Å². The second-order valence-electron chi connectivity index (χ2n) is 6.40. The van der Waals surface area contributed by atoms with Gasteiger partial charge in [0.05, 0.1) is 7.11 Å². The lowest BCUT2D eigenvalue weighted by atomic mass is 9.96. The maximum Gasteiger partial charge on any atom is 0.119 e. The molecule has 3 nitrogen and oxygen atoms in total. The summed E-state index contributed by atoms with van der Waals surface area (Å²) in [5.74, 6) is 1.86. The van der Waals surface area contributed by atoms with Crippen molar-refractivity contribution in [1.82, 2.24) is 10.2 Å². The molecule has 21 heavy (non-hydrogen) atoms. The number of aryl methyl sites for hydroxylation is 1. The number of methoxy groups -OCH3 is 1. The number of nitrogens with one attached hydrogen (secondary N) is 1. The molecule has 3 heteroatoms. The molecular weight excluding hydrogens is 260 g/mol. The fourth-order valence-corrected chi connectivity index (χ4v) is 3.94. The molecule has 1 heterocycles. The van der Waals surface area contributed by atoms with Crippen LogP contribution >= 0.6 is 0 Å². The van der Waals surface area contributed by atoms with Crippen molar-refractivity contribution in [3.8, 4) is 5.75 Å². The van der Waals surface area contributed by atoms with Crippen molar-refractivity contribution in [2.45, 2.75) is 38.6 Å². The van der Waals surface area contributed by atoms with Gasteiger partial charge < -0.3 is 10.1 Å². The van der Waals surface area contributed by atoms with Gasteiger partial charge in [-0.3, -0.25) is 4.90 Å². The molecule has 1 atom stereocenters. The molecule has 2 aliphatic rings. The van der Waals surface area contributed by atoms with Crippen LogP contribution in [0.2, 0.25) is 0 Å². The van der Waals surface area contributed by atoms with E-state index < -0.39 is 0 Å². The van der Waals surface area contributed by atoms with Crippen LogP contribution in [0.1, 0.15) is 43.4 Å². The summed E-state index contributed by atoms with van der Waals surface area (Å²) in [4.78, 5) is 2.70. The molecular formula is C18H28N2O. The lowest BCUT2D eigenvalue weighted by molar-refractivity contribution is 0.158. The van der Waals surface area contributed by atoms with Crippen LogP contribution in [-0.4, -0.2) is 38.2 Å². The number of ether oxygens (including phenoxy) is 1. The van der Waals surface area contributed by atoms with E-state index in [4.69, 9.17) is 4.74 Å². The normalized spacial score (nSPS) is 22.5. The molecule has 0 saturated carbocycles. The molecule has 1 saturated heterocycles. The highest BCUT2D eigenvalue weighted by Gasteiger charge is 2.29. The van der Waals surface area contributed by atoms with E-state index in [1.54, 1.807) is 7.11 Å². The Bertz CT molecular complexity index is 468. The average molecular weight is 288 g/mol. The lowest BCUT2D eigenvalue weighted by Crippen LogP contribution is -2.37. The summed E-state index contributed by atoms with van der Waals surface area (Å²) in [7, 11) is 1.76. The van der Waals surface area contributed by atoms with Crippen molar-refractivity contribution in [3.05, 3.63) is 29.3 Å². The molecule has 1 aliphatic heterocycles. The van der Waals surface area contributed by atoms with E-state index in [1.807, 2.05) is 0 Å². The second-order valence-corrected chi connectivity index (χ2v) is 6.40. The van der Waals surface area contributed by atoms with Crippen molar-refractivity contribution in [2.24, 2.45) is 5.92 Å². The third-order valence-corrected chi connectivity index (χ3v) is 5.20. The standard InChI is InChI=1S/C18H28N2O/c1-3-20(13-14-8-10-19-11-9-14)18-7-5-15-4-6-16(21-2)12-17(15)18/h4,6,12,14,18-19H,3,5,7-11,13H2,1-2H3. The summed E-state index contributed by atoms with van der Waals surface area (Å²) < 4.78 is 5.42. The molecule has 1 unspecified atom stereocenters. The topological polar surface area (TPSA) is 24.5 Å². The Kier molecular flexibility index (Phi) is 4.81. The Morgan fingerprint density at radius 1 is 1.24 bits per heavy atom. The monoisotopic (exact) mass is 288 g/mol. The van der Waals surface area contributed by atoms with Crippen LogP contribution in [0.5, 0.6) is 5.75 Å². The molecule has 0 spiro atoms. The number of benzene rings is 1. The van der Waals surface area contributed by atoms with Crippen LogP contribution in [0.25, 0.3) is 0 Å². The number of piperidine rings is 1. The van der Waals surface area contributed by atoms with E-state index in [0.717, 1.165) is 18.2 Å². The van der Waals surface area contributed by atoms with Gasteiger partial charge in [-0.1, -0.05) is 13.0 Å². The first-order valence-electron chi connectivity index (χ1n) is 8.43. The molecule has 3 rings (SSSR count). The number of hydrogen-bond acceptors (Lipinski definition) is 3. The van der Waals surface area contributed by atoms with E-state index in [2.05, 4.69) is 35.3 Å². The van der Waals surface area contributed by atoms with E-state index in [-0.39, 0.29) is 0 Å². The molecule has 1 aromatic carbocycles. The summed E-state index contributed by atoms with van der Waals surface area (Å²) in [6.07, 6.45) is 5.14. The Morgan fingerprint density at radius 3 is 2.76 bits per heavy atom. The van der Waals surface area contributed by atoms with Crippen molar-refractivity contribution in [1.29, 1.82) is 0 Å². The van der Waals surface area contributed by atoms with Gasteiger partial charge in [-0.05, 0) is 74.5 Å². The van der Waals surface area contributed by atoms with Gasteiger partial charge in [0.15, 0.2) is 0 Å². The zero-order valence-corrected chi connectivity index (χ0v) is 13.4. The first kappa shape index (κ1) is 14.9. The minimum absolute atomic E-state index is 0.593. The van der Waals surface area contributed by atoms with Crippen molar-refractivity contribution in [3.63, 3.8) is 0 Å². The van der Waals surface area contributed by atoms with Crippen molar-refractivity contribution < 1.29 is 4.74 Å². The predicted molar refractivity (Wildman–Crippen MR) is 86.9 cm³/mol. The van der Waals surface area contributed by atoms with Crippen molar-refractivity contribution >= 4 is 0 Å². The van der Waals surface area contributed by atoms with Crippen molar-refractivity contribution in [2.75, 3.05) is 33.3 Å². The Labute approximate surface area is 128 Å². The Morgan fingerprint density at radius 2 is 2.05 bits per heavy atom. The van der Waals surface area contributed by atoms with Gasteiger partial charge in [-0.15, -0.1) is 0 Å². The zero-order chi connectivity index (χ0) is 14.7. The maximum absolute atomic E-state index is 5.42. The summed E-state index contributed by atoms with van der Waals surface area (Å²) in [5.41, 5.74) is 3.02. The van der Waals surface area contributed by atoms with Gasteiger partial charge in [0, 0.05) is 12.6 Å². The minimum atomic E-state index is 0.593. The smallest absolute Gasteiger partial charge is 0.119 e. The fraction of sp³-hybridized carbons (Fsp3) is 0.667. The van der Waals surface area contributed by atoms with Gasteiger partial charge in [0.25, 0.3) is 0 Å². The molecule has 116 valence electrons. The second kappa shape index (κ2) is 6.80. The number of rotatable bonds is 5. The van der Waals surface area contributed by atoms with Gasteiger partial charge >= 0.3 is 0 Å². The first-order chi connectivity index (χ1) is 10.3. The van der Waals surface area contributed by atoms with E-state index in [0.29, 0.717) is 6.04 Å². The average Bonchev–Trinajstić information content (AvgIpc) is 2.96. The Hall–Kier alpha value is -1.06. The third-order valence-electron chi connectivity index (χ3n) is 5.20. The maximum atomic E-state index is 5.42. The highest BCUT2D eigenvalue weighted by Crippen LogP contribution is 2.38. The van der Waals surface area contributed by atoms with Gasteiger partial charge in [-0.2, -0.15) is 0 Å². The van der Waals surface area contributed by atoms with Crippen LogP contribution in [0.15, 0.2) is 18.2 Å². The van der Waals surface area contributed by atoms with Gasteiger partial charge in [0.1, 0.15) is 5.75 Å². The fourth-order valence-electron chi connectivity index (χ4n) is 3.94. The first-order valence-corrected chi connectivity index (χ1v) is 8.43. The Balaban J connectivity index is 1.73. The summed E-state index contributed by atoms with van der Waals surface area (Å²) >= 11 is 0. The molecule has 0 radical (unpaired) electrons. The van der Waals surface area contributed by atoms with Crippen LogP contribution in [0, 0.1) is 5.92 Å². The summed E-state index contributed by atoms with van der Waals surface area (Å²) in [6.45, 7) is 7.08. The molecule has 0 bridgehead atoms.